The van der Waals surface area contributed by atoms with Crippen LogP contribution < -0.4 is 0 Å². The van der Waals surface area contributed by atoms with Crippen LogP contribution in [0.2, 0.25) is 5.02 Å². The Labute approximate surface area is 107 Å². The van der Waals surface area contributed by atoms with E-state index >= 15 is 0 Å². The lowest BCUT2D eigenvalue weighted by Gasteiger charge is -2.10. The standard InChI is InChI=1S/C12H10BrClO2/c13-10-4-9(5-11(14)6-10)12(15)3-8-1-2-16-7-8/h1-2,4-7,12,15H,3H2. The molecule has 2 rings (SSSR count). The molecule has 1 aromatic carbocycles. The molecule has 1 N–H and O–H groups in total. The molecule has 0 aliphatic carbocycles. The zero-order valence-corrected chi connectivity index (χ0v) is 10.7. The van der Waals surface area contributed by atoms with Crippen molar-refractivity contribution in [2.45, 2.75) is 12.5 Å². The van der Waals surface area contributed by atoms with Gasteiger partial charge in [0.2, 0.25) is 0 Å². The smallest absolute Gasteiger partial charge is 0.0935 e. The van der Waals surface area contributed by atoms with E-state index in [1.165, 1.54) is 0 Å². The highest BCUT2D eigenvalue weighted by Crippen LogP contribution is 2.25. The van der Waals surface area contributed by atoms with Gasteiger partial charge in [-0.25, -0.2) is 0 Å². The Bertz CT molecular complexity index is 448. The zero-order chi connectivity index (χ0) is 11.5. The first-order valence-electron chi connectivity index (χ1n) is 4.80. The first-order valence-corrected chi connectivity index (χ1v) is 5.97. The van der Waals surface area contributed by atoms with Gasteiger partial charge in [0.1, 0.15) is 0 Å². The van der Waals surface area contributed by atoms with Gasteiger partial charge in [-0.15, -0.1) is 0 Å². The molecule has 2 aromatic rings. The largest absolute Gasteiger partial charge is 0.472 e. The molecular weight excluding hydrogens is 291 g/mol. The third-order valence-electron chi connectivity index (χ3n) is 2.28. The van der Waals surface area contributed by atoms with E-state index in [0.29, 0.717) is 11.4 Å². The molecule has 2 nitrogen and oxygen atoms in total. The fourth-order valence-electron chi connectivity index (χ4n) is 1.52. The van der Waals surface area contributed by atoms with Gasteiger partial charge in [0.25, 0.3) is 0 Å². The predicted molar refractivity (Wildman–Crippen MR) is 66.5 cm³/mol. The molecule has 1 heterocycles. The maximum absolute atomic E-state index is 10.0. The molecule has 4 heteroatoms. The molecule has 0 amide bonds. The predicted octanol–water partition coefficient (Wildman–Crippen LogP) is 3.97. The monoisotopic (exact) mass is 300 g/mol. The number of hydrogen-bond acceptors (Lipinski definition) is 2. The minimum Gasteiger partial charge on any atom is -0.472 e. The van der Waals surface area contributed by atoms with Gasteiger partial charge in [0.05, 0.1) is 18.6 Å². The van der Waals surface area contributed by atoms with Crippen molar-refractivity contribution in [1.29, 1.82) is 0 Å². The van der Waals surface area contributed by atoms with Crippen molar-refractivity contribution in [1.82, 2.24) is 0 Å². The van der Waals surface area contributed by atoms with Crippen LogP contribution in [0.5, 0.6) is 0 Å². The minimum absolute atomic E-state index is 0.517. The molecule has 84 valence electrons. The normalized spacial score (nSPS) is 12.7. The third-order valence-corrected chi connectivity index (χ3v) is 2.95. The summed E-state index contributed by atoms with van der Waals surface area (Å²) in [6, 6.07) is 7.24. The summed E-state index contributed by atoms with van der Waals surface area (Å²) in [7, 11) is 0. The van der Waals surface area contributed by atoms with E-state index in [1.807, 2.05) is 12.1 Å². The zero-order valence-electron chi connectivity index (χ0n) is 8.36. The molecule has 1 unspecified atom stereocenters. The Balaban J connectivity index is 2.17. The Hall–Kier alpha value is -0.770. The van der Waals surface area contributed by atoms with Crippen LogP contribution in [-0.2, 0) is 6.42 Å². The maximum Gasteiger partial charge on any atom is 0.0935 e. The molecule has 0 fully saturated rings. The first kappa shape index (κ1) is 11.7. The lowest BCUT2D eigenvalue weighted by Crippen LogP contribution is -2.01. The summed E-state index contributed by atoms with van der Waals surface area (Å²) in [6.07, 6.45) is 3.16. The quantitative estimate of drug-likeness (QED) is 0.930. The van der Waals surface area contributed by atoms with Crippen LogP contribution in [0.25, 0.3) is 0 Å². The summed E-state index contributed by atoms with van der Waals surface area (Å²) in [5.74, 6) is 0. The van der Waals surface area contributed by atoms with Gasteiger partial charge in [-0.05, 0) is 35.4 Å². The van der Waals surface area contributed by atoms with E-state index in [2.05, 4.69) is 15.9 Å². The van der Waals surface area contributed by atoms with Crippen LogP contribution >= 0.6 is 27.5 Å². The lowest BCUT2D eigenvalue weighted by atomic mass is 10.0. The fourth-order valence-corrected chi connectivity index (χ4v) is 2.40. The molecule has 0 aliphatic heterocycles. The van der Waals surface area contributed by atoms with E-state index in [4.69, 9.17) is 16.0 Å². The van der Waals surface area contributed by atoms with E-state index in [-0.39, 0.29) is 0 Å². The Kier molecular flexibility index (Phi) is 3.69. The number of aliphatic hydroxyl groups is 1. The van der Waals surface area contributed by atoms with E-state index < -0.39 is 6.10 Å². The number of hydrogen-bond donors (Lipinski definition) is 1. The van der Waals surface area contributed by atoms with Gasteiger partial charge >= 0.3 is 0 Å². The SMILES string of the molecule is OC(Cc1ccoc1)c1cc(Cl)cc(Br)c1. The molecule has 0 saturated heterocycles. The third kappa shape index (κ3) is 2.88. The average molecular weight is 302 g/mol. The highest BCUT2D eigenvalue weighted by molar-refractivity contribution is 9.10. The van der Waals surface area contributed by atoms with Crippen molar-refractivity contribution in [2.24, 2.45) is 0 Å². The molecule has 16 heavy (non-hydrogen) atoms. The second-order valence-electron chi connectivity index (χ2n) is 3.55. The van der Waals surface area contributed by atoms with Crippen molar-refractivity contribution < 1.29 is 9.52 Å². The van der Waals surface area contributed by atoms with Crippen molar-refractivity contribution in [3.8, 4) is 0 Å². The van der Waals surface area contributed by atoms with Gasteiger partial charge in [0.15, 0.2) is 0 Å². The Morgan fingerprint density at radius 3 is 2.81 bits per heavy atom. The van der Waals surface area contributed by atoms with Gasteiger partial charge in [0, 0.05) is 15.9 Å². The van der Waals surface area contributed by atoms with Crippen molar-refractivity contribution in [3.63, 3.8) is 0 Å². The number of furan rings is 1. The molecule has 1 atom stereocenters. The van der Waals surface area contributed by atoms with Crippen LogP contribution in [0.15, 0.2) is 45.7 Å². The van der Waals surface area contributed by atoms with Crippen molar-refractivity contribution in [3.05, 3.63) is 57.4 Å². The highest BCUT2D eigenvalue weighted by atomic mass is 79.9. The fraction of sp³-hybridized carbons (Fsp3) is 0.167. The number of halogens is 2. The maximum atomic E-state index is 10.0. The molecule has 0 bridgehead atoms. The molecular formula is C12H10BrClO2. The summed E-state index contributed by atoms with van der Waals surface area (Å²) >= 11 is 9.26. The Morgan fingerprint density at radius 1 is 1.38 bits per heavy atom. The highest BCUT2D eigenvalue weighted by Gasteiger charge is 2.10. The van der Waals surface area contributed by atoms with E-state index in [0.717, 1.165) is 15.6 Å². The summed E-state index contributed by atoms with van der Waals surface area (Å²) in [5.41, 5.74) is 1.75. The minimum atomic E-state index is -0.576. The number of rotatable bonds is 3. The van der Waals surface area contributed by atoms with Gasteiger partial charge < -0.3 is 9.52 Å². The van der Waals surface area contributed by atoms with Gasteiger partial charge in [-0.1, -0.05) is 27.5 Å². The van der Waals surface area contributed by atoms with Crippen molar-refractivity contribution >= 4 is 27.5 Å². The first-order chi connectivity index (χ1) is 7.65. The topological polar surface area (TPSA) is 33.4 Å². The van der Waals surface area contributed by atoms with Crippen LogP contribution in [0.3, 0.4) is 0 Å². The second kappa shape index (κ2) is 5.04. The molecule has 1 aromatic heterocycles. The van der Waals surface area contributed by atoms with Crippen molar-refractivity contribution in [2.75, 3.05) is 0 Å². The number of aliphatic hydroxyl groups excluding tert-OH is 1. The summed E-state index contributed by atoms with van der Waals surface area (Å²) < 4.78 is 5.81. The van der Waals surface area contributed by atoms with Crippen LogP contribution in [-0.4, -0.2) is 5.11 Å². The van der Waals surface area contributed by atoms with E-state index in [9.17, 15) is 5.11 Å². The molecule has 0 spiro atoms. The Morgan fingerprint density at radius 2 is 2.19 bits per heavy atom. The summed E-state index contributed by atoms with van der Waals surface area (Å²) in [5, 5.41) is 10.6. The summed E-state index contributed by atoms with van der Waals surface area (Å²) in [4.78, 5) is 0. The average Bonchev–Trinajstić information content (AvgIpc) is 2.68. The molecule has 0 saturated carbocycles. The van der Waals surface area contributed by atoms with Crippen LogP contribution in [0.1, 0.15) is 17.2 Å². The molecule has 0 aliphatic rings. The lowest BCUT2D eigenvalue weighted by molar-refractivity contribution is 0.178. The molecule has 0 radical (unpaired) electrons. The van der Waals surface area contributed by atoms with Crippen LogP contribution in [0.4, 0.5) is 0 Å². The summed E-state index contributed by atoms with van der Waals surface area (Å²) in [6.45, 7) is 0. The van der Waals surface area contributed by atoms with E-state index in [1.54, 1.807) is 24.7 Å². The second-order valence-corrected chi connectivity index (χ2v) is 4.91. The van der Waals surface area contributed by atoms with Gasteiger partial charge in [-0.3, -0.25) is 0 Å². The van der Waals surface area contributed by atoms with Gasteiger partial charge in [-0.2, -0.15) is 0 Å². The number of benzene rings is 1. The van der Waals surface area contributed by atoms with Crippen LogP contribution in [0, 0.1) is 0 Å².